The lowest BCUT2D eigenvalue weighted by Gasteiger charge is -2.41. The summed E-state index contributed by atoms with van der Waals surface area (Å²) in [6.45, 7) is 7.45. The highest BCUT2D eigenvalue weighted by Gasteiger charge is 2.37. The highest BCUT2D eigenvalue weighted by molar-refractivity contribution is 4.93. The van der Waals surface area contributed by atoms with E-state index in [-0.39, 0.29) is 5.60 Å². The molecule has 2 atom stereocenters. The Morgan fingerprint density at radius 1 is 1.18 bits per heavy atom. The summed E-state index contributed by atoms with van der Waals surface area (Å²) in [6, 6.07) is 0.505. The van der Waals surface area contributed by atoms with Gasteiger partial charge in [-0.2, -0.15) is 0 Å². The van der Waals surface area contributed by atoms with Crippen molar-refractivity contribution in [1.29, 1.82) is 0 Å². The van der Waals surface area contributed by atoms with Crippen LogP contribution in [0, 0.1) is 5.92 Å². The molecule has 0 amide bonds. The van der Waals surface area contributed by atoms with Gasteiger partial charge in [0.15, 0.2) is 0 Å². The highest BCUT2D eigenvalue weighted by Crippen LogP contribution is 2.33. The fraction of sp³-hybridized carbons (Fsp3) is 1.00. The van der Waals surface area contributed by atoms with Crippen molar-refractivity contribution in [1.82, 2.24) is 5.32 Å². The third-order valence-electron chi connectivity index (χ3n) is 4.52. The molecular formula is C15H31NO. The minimum atomic E-state index is -0.00148. The maximum Gasteiger partial charge on any atom is 0.0806 e. The molecule has 0 heterocycles. The summed E-state index contributed by atoms with van der Waals surface area (Å²) in [4.78, 5) is 0. The quantitative estimate of drug-likeness (QED) is 0.715. The molecule has 0 aromatic carbocycles. The Bertz CT molecular complexity index is 199. The first-order valence-electron chi connectivity index (χ1n) is 7.49. The van der Waals surface area contributed by atoms with E-state index in [1.807, 2.05) is 0 Å². The Balaban J connectivity index is 2.72. The van der Waals surface area contributed by atoms with Gasteiger partial charge in [-0.25, -0.2) is 0 Å². The molecule has 17 heavy (non-hydrogen) atoms. The van der Waals surface area contributed by atoms with Gasteiger partial charge in [0, 0.05) is 12.6 Å². The van der Waals surface area contributed by atoms with Gasteiger partial charge in [-0.15, -0.1) is 0 Å². The van der Waals surface area contributed by atoms with Crippen LogP contribution in [0.5, 0.6) is 0 Å². The SMILES string of the molecule is CCOC(C)(CC)C(NC)C1CCCCCC1. The first-order valence-corrected chi connectivity index (χ1v) is 7.49. The molecule has 1 fully saturated rings. The zero-order valence-corrected chi connectivity index (χ0v) is 12.2. The second-order valence-electron chi connectivity index (χ2n) is 5.62. The van der Waals surface area contributed by atoms with Gasteiger partial charge in [-0.05, 0) is 46.1 Å². The molecule has 102 valence electrons. The van der Waals surface area contributed by atoms with Crippen molar-refractivity contribution in [2.45, 2.75) is 77.4 Å². The summed E-state index contributed by atoms with van der Waals surface area (Å²) < 4.78 is 6.06. The maximum atomic E-state index is 6.06. The topological polar surface area (TPSA) is 21.3 Å². The summed E-state index contributed by atoms with van der Waals surface area (Å²) in [5, 5.41) is 3.55. The normalized spacial score (nSPS) is 24.0. The van der Waals surface area contributed by atoms with Crippen molar-refractivity contribution in [2.75, 3.05) is 13.7 Å². The van der Waals surface area contributed by atoms with E-state index in [0.29, 0.717) is 6.04 Å². The lowest BCUT2D eigenvalue weighted by Crippen LogP contribution is -2.53. The van der Waals surface area contributed by atoms with E-state index in [1.54, 1.807) is 0 Å². The minimum absolute atomic E-state index is 0.00148. The van der Waals surface area contributed by atoms with Crippen LogP contribution in [0.3, 0.4) is 0 Å². The third kappa shape index (κ3) is 3.96. The third-order valence-corrected chi connectivity index (χ3v) is 4.52. The average Bonchev–Trinajstić information content (AvgIpc) is 2.59. The first-order chi connectivity index (χ1) is 8.18. The average molecular weight is 241 g/mol. The number of hydrogen-bond donors (Lipinski definition) is 1. The molecular weight excluding hydrogens is 210 g/mol. The van der Waals surface area contributed by atoms with Gasteiger partial charge >= 0.3 is 0 Å². The van der Waals surface area contributed by atoms with Crippen molar-refractivity contribution in [3.05, 3.63) is 0 Å². The van der Waals surface area contributed by atoms with Crippen LogP contribution >= 0.6 is 0 Å². The molecule has 0 radical (unpaired) electrons. The summed E-state index contributed by atoms with van der Waals surface area (Å²) in [6.07, 6.45) is 9.46. The van der Waals surface area contributed by atoms with E-state index in [4.69, 9.17) is 4.74 Å². The molecule has 1 N–H and O–H groups in total. The summed E-state index contributed by atoms with van der Waals surface area (Å²) >= 11 is 0. The first kappa shape index (κ1) is 15.0. The Morgan fingerprint density at radius 3 is 2.18 bits per heavy atom. The number of nitrogens with one attached hydrogen (secondary N) is 1. The molecule has 0 aromatic heterocycles. The Morgan fingerprint density at radius 2 is 1.76 bits per heavy atom. The molecule has 0 spiro atoms. The predicted molar refractivity (Wildman–Crippen MR) is 74.4 cm³/mol. The van der Waals surface area contributed by atoms with E-state index < -0.39 is 0 Å². The van der Waals surface area contributed by atoms with Crippen LogP contribution in [0.4, 0.5) is 0 Å². The minimum Gasteiger partial charge on any atom is -0.374 e. The van der Waals surface area contributed by atoms with Crippen molar-refractivity contribution in [3.63, 3.8) is 0 Å². The van der Waals surface area contributed by atoms with Gasteiger partial charge in [0.25, 0.3) is 0 Å². The lowest BCUT2D eigenvalue weighted by atomic mass is 9.80. The van der Waals surface area contributed by atoms with Crippen LogP contribution in [0.25, 0.3) is 0 Å². The van der Waals surface area contributed by atoms with Crippen LogP contribution < -0.4 is 5.32 Å². The van der Waals surface area contributed by atoms with E-state index >= 15 is 0 Å². The van der Waals surface area contributed by atoms with Crippen molar-refractivity contribution in [2.24, 2.45) is 5.92 Å². The number of rotatable bonds is 6. The summed E-state index contributed by atoms with van der Waals surface area (Å²) in [5.41, 5.74) is -0.00148. The largest absolute Gasteiger partial charge is 0.374 e. The Hall–Kier alpha value is -0.0800. The molecule has 2 unspecified atom stereocenters. The molecule has 2 nitrogen and oxygen atoms in total. The Labute approximate surface area is 108 Å². The molecule has 2 heteroatoms. The molecule has 0 aliphatic heterocycles. The van der Waals surface area contributed by atoms with Gasteiger partial charge in [0.1, 0.15) is 0 Å². The molecule has 0 bridgehead atoms. The van der Waals surface area contributed by atoms with E-state index in [0.717, 1.165) is 18.9 Å². The van der Waals surface area contributed by atoms with Gasteiger partial charge < -0.3 is 10.1 Å². The fourth-order valence-electron chi connectivity index (χ4n) is 3.43. The van der Waals surface area contributed by atoms with E-state index in [2.05, 4.69) is 33.1 Å². The van der Waals surface area contributed by atoms with Crippen molar-refractivity contribution in [3.8, 4) is 0 Å². The van der Waals surface area contributed by atoms with E-state index in [9.17, 15) is 0 Å². The van der Waals surface area contributed by atoms with Gasteiger partial charge in [-0.3, -0.25) is 0 Å². The van der Waals surface area contributed by atoms with Crippen molar-refractivity contribution >= 4 is 0 Å². The van der Waals surface area contributed by atoms with Crippen LogP contribution in [0.2, 0.25) is 0 Å². The molecule has 1 rings (SSSR count). The standard InChI is InChI=1S/C15H31NO/c1-5-15(3,17-6-2)14(16-4)13-11-9-7-8-10-12-13/h13-14,16H,5-12H2,1-4H3. The Kier molecular flexibility index (Phi) is 6.50. The zero-order chi connectivity index (χ0) is 12.7. The van der Waals surface area contributed by atoms with Crippen LogP contribution in [-0.2, 0) is 4.74 Å². The zero-order valence-electron chi connectivity index (χ0n) is 12.2. The van der Waals surface area contributed by atoms with Crippen LogP contribution in [-0.4, -0.2) is 25.3 Å². The van der Waals surface area contributed by atoms with Crippen LogP contribution in [0.15, 0.2) is 0 Å². The number of ether oxygens (including phenoxy) is 1. The molecule has 1 aliphatic carbocycles. The fourth-order valence-corrected chi connectivity index (χ4v) is 3.43. The number of hydrogen-bond acceptors (Lipinski definition) is 2. The van der Waals surface area contributed by atoms with Crippen molar-refractivity contribution < 1.29 is 4.74 Å². The smallest absolute Gasteiger partial charge is 0.0806 e. The second kappa shape index (κ2) is 7.38. The molecule has 1 saturated carbocycles. The van der Waals surface area contributed by atoms with E-state index in [1.165, 1.54) is 38.5 Å². The van der Waals surface area contributed by atoms with Gasteiger partial charge in [0.05, 0.1) is 5.60 Å². The maximum absolute atomic E-state index is 6.06. The highest BCUT2D eigenvalue weighted by atomic mass is 16.5. The molecule has 1 aliphatic rings. The molecule has 0 saturated heterocycles. The summed E-state index contributed by atoms with van der Waals surface area (Å²) in [5.74, 6) is 0.791. The lowest BCUT2D eigenvalue weighted by molar-refractivity contribution is -0.0691. The van der Waals surface area contributed by atoms with Crippen LogP contribution in [0.1, 0.15) is 65.7 Å². The van der Waals surface area contributed by atoms with Gasteiger partial charge in [-0.1, -0.05) is 32.6 Å². The second-order valence-corrected chi connectivity index (χ2v) is 5.62. The number of likely N-dealkylation sites (N-methyl/N-ethyl adjacent to an activating group) is 1. The monoisotopic (exact) mass is 241 g/mol. The van der Waals surface area contributed by atoms with Gasteiger partial charge in [0.2, 0.25) is 0 Å². The summed E-state index contributed by atoms with van der Waals surface area (Å²) in [7, 11) is 2.10. The predicted octanol–water partition coefficient (Wildman–Crippen LogP) is 3.75. The molecule has 0 aromatic rings.